The van der Waals surface area contributed by atoms with Crippen molar-refractivity contribution in [3.63, 3.8) is 0 Å². The van der Waals surface area contributed by atoms with E-state index >= 15 is 0 Å². The first kappa shape index (κ1) is 15.2. The van der Waals surface area contributed by atoms with Gasteiger partial charge < -0.3 is 4.74 Å². The van der Waals surface area contributed by atoms with E-state index in [2.05, 4.69) is 11.9 Å². The van der Waals surface area contributed by atoms with Gasteiger partial charge >= 0.3 is 5.97 Å². The predicted molar refractivity (Wildman–Crippen MR) is 86.3 cm³/mol. The number of carbonyl (C=O) groups excluding carboxylic acids is 1. The Morgan fingerprint density at radius 1 is 1.55 bits per heavy atom. The van der Waals surface area contributed by atoms with Crippen molar-refractivity contribution >= 4 is 27.5 Å². The van der Waals surface area contributed by atoms with Crippen molar-refractivity contribution in [1.82, 2.24) is 9.55 Å². The molecule has 1 atom stereocenters. The van der Waals surface area contributed by atoms with Crippen LogP contribution in [0.2, 0.25) is 0 Å². The van der Waals surface area contributed by atoms with Crippen molar-refractivity contribution in [1.29, 1.82) is 0 Å². The number of carbonyl (C=O) groups is 1. The van der Waals surface area contributed by atoms with Crippen molar-refractivity contribution in [3.05, 3.63) is 27.1 Å². The number of hydrogen-bond donors (Lipinski definition) is 0. The highest BCUT2D eigenvalue weighted by Crippen LogP contribution is 2.35. The van der Waals surface area contributed by atoms with Crippen molar-refractivity contribution in [3.8, 4) is 0 Å². The summed E-state index contributed by atoms with van der Waals surface area (Å²) in [5.41, 5.74) is 1.01. The van der Waals surface area contributed by atoms with Gasteiger partial charge in [-0.15, -0.1) is 11.3 Å². The second-order valence-electron chi connectivity index (χ2n) is 6.25. The minimum atomic E-state index is -0.407. The van der Waals surface area contributed by atoms with Gasteiger partial charge in [0.05, 0.1) is 17.8 Å². The van der Waals surface area contributed by atoms with Gasteiger partial charge in [0.1, 0.15) is 11.4 Å². The second kappa shape index (κ2) is 5.83. The number of rotatable bonds is 3. The van der Waals surface area contributed by atoms with E-state index in [1.165, 1.54) is 15.8 Å². The van der Waals surface area contributed by atoms with Gasteiger partial charge in [0.25, 0.3) is 5.56 Å². The smallest absolute Gasteiger partial charge is 0.326 e. The third kappa shape index (κ3) is 2.79. The van der Waals surface area contributed by atoms with Crippen LogP contribution in [0.15, 0.2) is 11.1 Å². The summed E-state index contributed by atoms with van der Waals surface area (Å²) in [5.74, 6) is 0.250. The minimum Gasteiger partial charge on any atom is -0.462 e. The van der Waals surface area contributed by atoms with Crippen molar-refractivity contribution in [2.24, 2.45) is 5.92 Å². The molecule has 118 valence electrons. The number of thiophene rings is 1. The molecule has 5 nitrogen and oxygen atoms in total. The average molecular weight is 320 g/mol. The topological polar surface area (TPSA) is 61.2 Å². The Labute approximate surface area is 132 Å². The summed E-state index contributed by atoms with van der Waals surface area (Å²) < 4.78 is 6.46. The molecular weight excluding hydrogens is 300 g/mol. The molecule has 0 unspecified atom stereocenters. The molecule has 0 N–H and O–H groups in total. The van der Waals surface area contributed by atoms with E-state index in [0.29, 0.717) is 11.3 Å². The van der Waals surface area contributed by atoms with Crippen molar-refractivity contribution in [2.75, 3.05) is 0 Å². The quantitative estimate of drug-likeness (QED) is 0.815. The lowest BCUT2D eigenvalue weighted by molar-refractivity contribution is -0.148. The number of aromatic nitrogens is 2. The molecule has 6 heteroatoms. The third-order valence-electron chi connectivity index (χ3n) is 3.95. The Morgan fingerprint density at radius 3 is 3.05 bits per heavy atom. The van der Waals surface area contributed by atoms with Crippen LogP contribution in [-0.2, 0) is 28.9 Å². The fourth-order valence-corrected chi connectivity index (χ4v) is 4.26. The number of nitrogens with zero attached hydrogens (tertiary/aromatic N) is 2. The molecule has 0 spiro atoms. The first-order chi connectivity index (χ1) is 10.5. The Kier molecular flexibility index (Phi) is 4.04. The molecule has 0 fully saturated rings. The molecule has 1 aliphatic carbocycles. The van der Waals surface area contributed by atoms with E-state index in [9.17, 15) is 9.59 Å². The summed E-state index contributed by atoms with van der Waals surface area (Å²) in [6.07, 6.45) is 4.31. The van der Waals surface area contributed by atoms with Gasteiger partial charge in [-0.3, -0.25) is 14.2 Å². The predicted octanol–water partition coefficient (Wildman–Crippen LogP) is 2.53. The number of fused-ring (bicyclic) bond motifs is 3. The van der Waals surface area contributed by atoms with Gasteiger partial charge in [-0.25, -0.2) is 4.98 Å². The molecule has 0 aromatic carbocycles. The van der Waals surface area contributed by atoms with Crippen LogP contribution in [-0.4, -0.2) is 21.6 Å². The maximum absolute atomic E-state index is 12.7. The standard InChI is InChI=1S/C16H20N2O3S/c1-9(2)21-13(19)7-18-8-17-15-14(16(18)20)11-5-4-10(3)6-12(11)22-15/h8-10H,4-7H2,1-3H3/t10-/m1/s1. The second-order valence-corrected chi connectivity index (χ2v) is 7.33. The first-order valence-electron chi connectivity index (χ1n) is 7.65. The highest BCUT2D eigenvalue weighted by molar-refractivity contribution is 7.18. The lowest BCUT2D eigenvalue weighted by Gasteiger charge is -2.17. The van der Waals surface area contributed by atoms with E-state index in [1.807, 2.05) is 0 Å². The SMILES string of the molecule is CC(C)OC(=O)Cn1cnc2sc3c(c2c1=O)CC[C@@H](C)C3. The molecule has 0 amide bonds. The fourth-order valence-electron chi connectivity index (χ4n) is 2.92. The highest BCUT2D eigenvalue weighted by Gasteiger charge is 2.23. The Balaban J connectivity index is 1.99. The van der Waals surface area contributed by atoms with Gasteiger partial charge in [0.2, 0.25) is 0 Å². The molecule has 0 aliphatic heterocycles. The van der Waals surface area contributed by atoms with Crippen LogP contribution < -0.4 is 5.56 Å². The monoisotopic (exact) mass is 320 g/mol. The van der Waals surface area contributed by atoms with Crippen LogP contribution in [0.3, 0.4) is 0 Å². The van der Waals surface area contributed by atoms with Crippen LogP contribution in [0.25, 0.3) is 10.2 Å². The normalized spacial score (nSPS) is 17.7. The summed E-state index contributed by atoms with van der Waals surface area (Å²) in [6, 6.07) is 0. The maximum atomic E-state index is 12.7. The summed E-state index contributed by atoms with van der Waals surface area (Å²) in [7, 11) is 0. The van der Waals surface area contributed by atoms with E-state index in [1.54, 1.807) is 25.2 Å². The largest absolute Gasteiger partial charge is 0.462 e. The Morgan fingerprint density at radius 2 is 2.32 bits per heavy atom. The lowest BCUT2D eigenvalue weighted by Crippen LogP contribution is -2.27. The lowest BCUT2D eigenvalue weighted by atomic mass is 9.89. The van der Waals surface area contributed by atoms with Gasteiger partial charge in [-0.2, -0.15) is 0 Å². The van der Waals surface area contributed by atoms with Crippen molar-refractivity contribution < 1.29 is 9.53 Å². The van der Waals surface area contributed by atoms with Gasteiger partial charge in [-0.1, -0.05) is 6.92 Å². The first-order valence-corrected chi connectivity index (χ1v) is 8.46. The summed E-state index contributed by atoms with van der Waals surface area (Å²) in [6.45, 7) is 5.74. The van der Waals surface area contributed by atoms with E-state index in [0.717, 1.165) is 29.7 Å². The number of hydrogen-bond acceptors (Lipinski definition) is 5. The van der Waals surface area contributed by atoms with Gasteiger partial charge in [-0.05, 0) is 44.6 Å². The van der Waals surface area contributed by atoms with E-state index < -0.39 is 5.97 Å². The van der Waals surface area contributed by atoms with Crippen LogP contribution in [0.1, 0.15) is 37.6 Å². The third-order valence-corrected chi connectivity index (χ3v) is 5.11. The van der Waals surface area contributed by atoms with Crippen molar-refractivity contribution in [2.45, 2.75) is 52.7 Å². The molecular formula is C16H20N2O3S. The minimum absolute atomic E-state index is 0.0824. The van der Waals surface area contributed by atoms with Crippen LogP contribution in [0.5, 0.6) is 0 Å². The summed E-state index contributed by atoms with van der Waals surface area (Å²) in [4.78, 5) is 30.9. The highest BCUT2D eigenvalue weighted by atomic mass is 32.1. The van der Waals surface area contributed by atoms with E-state index in [-0.39, 0.29) is 18.2 Å². The maximum Gasteiger partial charge on any atom is 0.326 e. The zero-order chi connectivity index (χ0) is 15.9. The molecule has 0 saturated carbocycles. The number of aryl methyl sites for hydroxylation is 1. The fraction of sp³-hybridized carbons (Fsp3) is 0.562. The molecule has 2 aromatic heterocycles. The van der Waals surface area contributed by atoms with Gasteiger partial charge in [0, 0.05) is 4.88 Å². The number of esters is 1. The molecule has 2 heterocycles. The Bertz CT molecular complexity index is 776. The molecule has 2 aromatic rings. The van der Waals surface area contributed by atoms with Crippen LogP contribution in [0, 0.1) is 5.92 Å². The molecule has 0 saturated heterocycles. The zero-order valence-electron chi connectivity index (χ0n) is 13.1. The van der Waals surface area contributed by atoms with E-state index in [4.69, 9.17) is 4.74 Å². The van der Waals surface area contributed by atoms with Crippen LogP contribution >= 0.6 is 11.3 Å². The van der Waals surface area contributed by atoms with Crippen LogP contribution in [0.4, 0.5) is 0 Å². The molecule has 0 bridgehead atoms. The summed E-state index contributed by atoms with van der Waals surface area (Å²) >= 11 is 1.62. The van der Waals surface area contributed by atoms with Gasteiger partial charge in [0.15, 0.2) is 0 Å². The number of ether oxygens (including phenoxy) is 1. The molecule has 1 aliphatic rings. The molecule has 22 heavy (non-hydrogen) atoms. The zero-order valence-corrected chi connectivity index (χ0v) is 13.9. The molecule has 3 rings (SSSR count). The summed E-state index contributed by atoms with van der Waals surface area (Å²) in [5, 5.41) is 0.701. The Hall–Kier alpha value is -1.69. The average Bonchev–Trinajstić information content (AvgIpc) is 2.79. The molecule has 0 radical (unpaired) electrons.